The first-order valence-corrected chi connectivity index (χ1v) is 6.27. The lowest BCUT2D eigenvalue weighted by Crippen LogP contribution is -1.93. The summed E-state index contributed by atoms with van der Waals surface area (Å²) >= 11 is 0. The van der Waals surface area contributed by atoms with Gasteiger partial charge in [-0.25, -0.2) is 0 Å². The zero-order chi connectivity index (χ0) is 14.5. The van der Waals surface area contributed by atoms with Gasteiger partial charge in [-0.05, 0) is 17.2 Å². The average molecular weight is 263 g/mol. The SMILES string of the molecule is C=Cc1cnc2cc(/C(C=NC)=C/N)ccc2c1C=C. The lowest BCUT2D eigenvalue weighted by molar-refractivity contribution is 1.38. The van der Waals surface area contributed by atoms with Gasteiger partial charge < -0.3 is 5.73 Å². The smallest absolute Gasteiger partial charge is 0.0714 e. The minimum absolute atomic E-state index is 0.865. The molecule has 2 rings (SSSR count). The van der Waals surface area contributed by atoms with Crippen molar-refractivity contribution in [1.29, 1.82) is 0 Å². The van der Waals surface area contributed by atoms with E-state index in [1.807, 2.05) is 24.3 Å². The first-order valence-electron chi connectivity index (χ1n) is 6.27. The van der Waals surface area contributed by atoms with Crippen molar-refractivity contribution < 1.29 is 0 Å². The van der Waals surface area contributed by atoms with E-state index in [-0.39, 0.29) is 0 Å². The molecule has 1 heterocycles. The lowest BCUT2D eigenvalue weighted by atomic mass is 10.00. The van der Waals surface area contributed by atoms with Crippen LogP contribution in [-0.4, -0.2) is 18.2 Å². The monoisotopic (exact) mass is 263 g/mol. The highest BCUT2D eigenvalue weighted by molar-refractivity contribution is 6.10. The van der Waals surface area contributed by atoms with Crippen LogP contribution in [-0.2, 0) is 0 Å². The molecule has 0 saturated heterocycles. The maximum atomic E-state index is 5.63. The molecular formula is C17H17N3. The molecule has 3 heteroatoms. The maximum absolute atomic E-state index is 5.63. The third-order valence-electron chi connectivity index (χ3n) is 3.15. The van der Waals surface area contributed by atoms with Crippen molar-refractivity contribution in [2.75, 3.05) is 7.05 Å². The zero-order valence-corrected chi connectivity index (χ0v) is 11.5. The topological polar surface area (TPSA) is 51.3 Å². The second kappa shape index (κ2) is 5.97. The van der Waals surface area contributed by atoms with Crippen LogP contribution in [0.2, 0.25) is 0 Å². The number of nitrogens with zero attached hydrogens (tertiary/aromatic N) is 2. The molecule has 0 atom stereocenters. The number of rotatable bonds is 4. The first-order chi connectivity index (χ1) is 9.74. The summed E-state index contributed by atoms with van der Waals surface area (Å²) in [5.74, 6) is 0. The summed E-state index contributed by atoms with van der Waals surface area (Å²) in [4.78, 5) is 8.47. The highest BCUT2D eigenvalue weighted by atomic mass is 14.7. The summed E-state index contributed by atoms with van der Waals surface area (Å²) in [5, 5.41) is 1.05. The second-order valence-corrected chi connectivity index (χ2v) is 4.28. The Morgan fingerprint density at radius 2 is 2.10 bits per heavy atom. The molecule has 2 N–H and O–H groups in total. The van der Waals surface area contributed by atoms with Crippen molar-refractivity contribution in [2.45, 2.75) is 0 Å². The summed E-state index contributed by atoms with van der Waals surface area (Å²) in [7, 11) is 1.72. The molecule has 0 unspecified atom stereocenters. The fourth-order valence-electron chi connectivity index (χ4n) is 2.15. The Morgan fingerprint density at radius 3 is 2.70 bits per heavy atom. The number of fused-ring (bicyclic) bond motifs is 1. The summed E-state index contributed by atoms with van der Waals surface area (Å²) in [6, 6.07) is 6.02. The Bertz CT molecular complexity index is 724. The molecule has 3 nitrogen and oxygen atoms in total. The van der Waals surface area contributed by atoms with Crippen LogP contribution in [0.5, 0.6) is 0 Å². The van der Waals surface area contributed by atoms with Gasteiger partial charge >= 0.3 is 0 Å². The van der Waals surface area contributed by atoms with Crippen LogP contribution in [0.25, 0.3) is 28.6 Å². The Hall–Kier alpha value is -2.68. The number of benzene rings is 1. The minimum Gasteiger partial charge on any atom is -0.404 e. The minimum atomic E-state index is 0.865. The average Bonchev–Trinajstić information content (AvgIpc) is 2.50. The van der Waals surface area contributed by atoms with E-state index in [0.717, 1.165) is 33.2 Å². The molecule has 0 aliphatic heterocycles. The molecule has 0 amide bonds. The van der Waals surface area contributed by atoms with E-state index < -0.39 is 0 Å². The number of hydrogen-bond donors (Lipinski definition) is 1. The van der Waals surface area contributed by atoms with Crippen LogP contribution >= 0.6 is 0 Å². The number of aliphatic imine (C=N–C) groups is 1. The molecule has 0 radical (unpaired) electrons. The molecule has 0 spiro atoms. The fraction of sp³-hybridized carbons (Fsp3) is 0.0588. The number of hydrogen-bond acceptors (Lipinski definition) is 3. The van der Waals surface area contributed by atoms with E-state index in [0.29, 0.717) is 0 Å². The van der Waals surface area contributed by atoms with Crippen LogP contribution in [0.4, 0.5) is 0 Å². The Kier molecular flexibility index (Phi) is 4.11. The van der Waals surface area contributed by atoms with E-state index in [2.05, 4.69) is 23.1 Å². The Balaban J connectivity index is 2.68. The van der Waals surface area contributed by atoms with Gasteiger partial charge in [-0.1, -0.05) is 37.4 Å². The molecule has 0 bridgehead atoms. The molecule has 20 heavy (non-hydrogen) atoms. The van der Waals surface area contributed by atoms with Crippen molar-refractivity contribution in [1.82, 2.24) is 4.98 Å². The summed E-state index contributed by atoms with van der Waals surface area (Å²) < 4.78 is 0. The van der Waals surface area contributed by atoms with Crippen LogP contribution in [0.15, 0.2) is 48.7 Å². The third kappa shape index (κ3) is 2.38. The van der Waals surface area contributed by atoms with E-state index >= 15 is 0 Å². The largest absolute Gasteiger partial charge is 0.404 e. The van der Waals surface area contributed by atoms with Gasteiger partial charge in [0.2, 0.25) is 0 Å². The molecule has 0 saturated carbocycles. The molecule has 1 aromatic heterocycles. The molecule has 0 fully saturated rings. The van der Waals surface area contributed by atoms with Crippen LogP contribution < -0.4 is 5.73 Å². The highest BCUT2D eigenvalue weighted by Crippen LogP contribution is 2.25. The maximum Gasteiger partial charge on any atom is 0.0714 e. The summed E-state index contributed by atoms with van der Waals surface area (Å²) in [6.45, 7) is 7.66. The molecule has 100 valence electrons. The van der Waals surface area contributed by atoms with Gasteiger partial charge in [0.15, 0.2) is 0 Å². The molecule has 0 aliphatic carbocycles. The van der Waals surface area contributed by atoms with Crippen LogP contribution in [0.1, 0.15) is 16.7 Å². The van der Waals surface area contributed by atoms with E-state index in [1.54, 1.807) is 31.7 Å². The van der Waals surface area contributed by atoms with Crippen LogP contribution in [0, 0.1) is 0 Å². The van der Waals surface area contributed by atoms with Gasteiger partial charge in [-0.3, -0.25) is 9.98 Å². The molecule has 2 aromatic rings. The van der Waals surface area contributed by atoms with Gasteiger partial charge in [0.05, 0.1) is 5.52 Å². The number of nitrogens with two attached hydrogens (primary N) is 1. The normalized spacial score (nSPS) is 11.9. The van der Waals surface area contributed by atoms with Gasteiger partial charge in [0.25, 0.3) is 0 Å². The number of aromatic nitrogens is 1. The quantitative estimate of drug-likeness (QED) is 0.858. The van der Waals surface area contributed by atoms with Crippen molar-refractivity contribution in [2.24, 2.45) is 10.7 Å². The fourth-order valence-corrected chi connectivity index (χ4v) is 2.15. The number of allylic oxidation sites excluding steroid dienone is 1. The number of pyridine rings is 1. The van der Waals surface area contributed by atoms with Crippen molar-refractivity contribution in [3.63, 3.8) is 0 Å². The molecule has 0 aliphatic rings. The second-order valence-electron chi connectivity index (χ2n) is 4.28. The standard InChI is InChI=1S/C17H17N3/c1-4-12-11-20-17-8-13(14(9-18)10-19-3)6-7-16(17)15(12)5-2/h4-11H,1-2,18H2,3H3/b14-9+,19-10?. The van der Waals surface area contributed by atoms with E-state index in [4.69, 9.17) is 5.73 Å². The predicted molar refractivity (Wildman–Crippen MR) is 88.5 cm³/mol. The van der Waals surface area contributed by atoms with Crippen molar-refractivity contribution in [3.05, 3.63) is 60.4 Å². The summed E-state index contributed by atoms with van der Waals surface area (Å²) in [6.07, 6.45) is 8.68. The van der Waals surface area contributed by atoms with Gasteiger partial charge in [0, 0.05) is 42.2 Å². The van der Waals surface area contributed by atoms with E-state index in [1.165, 1.54) is 0 Å². The van der Waals surface area contributed by atoms with Crippen molar-refractivity contribution in [3.8, 4) is 0 Å². The molecule has 1 aromatic carbocycles. The predicted octanol–water partition coefficient (Wildman–Crippen LogP) is 3.52. The third-order valence-corrected chi connectivity index (χ3v) is 3.15. The van der Waals surface area contributed by atoms with Crippen molar-refractivity contribution >= 4 is 34.8 Å². The van der Waals surface area contributed by atoms with Gasteiger partial charge in [0.1, 0.15) is 0 Å². The van der Waals surface area contributed by atoms with E-state index in [9.17, 15) is 0 Å². The first kappa shape index (κ1) is 13.7. The van der Waals surface area contributed by atoms with Gasteiger partial charge in [-0.15, -0.1) is 0 Å². The van der Waals surface area contributed by atoms with Crippen LogP contribution in [0.3, 0.4) is 0 Å². The Labute approximate surface area is 118 Å². The summed E-state index contributed by atoms with van der Waals surface area (Å²) in [5.41, 5.74) is 10.4. The highest BCUT2D eigenvalue weighted by Gasteiger charge is 2.06. The van der Waals surface area contributed by atoms with Gasteiger partial charge in [-0.2, -0.15) is 0 Å². The zero-order valence-electron chi connectivity index (χ0n) is 11.5. The molecular weight excluding hydrogens is 246 g/mol. The Morgan fingerprint density at radius 1 is 1.30 bits per heavy atom. The lowest BCUT2D eigenvalue weighted by Gasteiger charge is -2.08.